The number of amides is 1. The molecule has 1 aliphatic heterocycles. The van der Waals surface area contributed by atoms with Crippen molar-refractivity contribution in [3.8, 4) is 0 Å². The zero-order chi connectivity index (χ0) is 18.9. The van der Waals surface area contributed by atoms with Crippen LogP contribution in [0.3, 0.4) is 0 Å². The minimum Gasteiger partial charge on any atom is -0.379 e. The maximum atomic E-state index is 12.7. The maximum absolute atomic E-state index is 12.7. The molecule has 0 atom stereocenters. The molecule has 0 saturated carbocycles. The molecule has 1 aromatic carbocycles. The molecule has 1 N–H and O–H groups in total. The number of rotatable bonds is 5. The molecule has 1 amide bonds. The van der Waals surface area contributed by atoms with Gasteiger partial charge in [-0.3, -0.25) is 9.20 Å². The first-order chi connectivity index (χ1) is 13.0. The fourth-order valence-corrected chi connectivity index (χ4v) is 5.04. The summed E-state index contributed by atoms with van der Waals surface area (Å²) >= 11 is 1.52. The van der Waals surface area contributed by atoms with E-state index in [4.69, 9.17) is 4.74 Å². The van der Waals surface area contributed by atoms with E-state index in [1.165, 1.54) is 27.8 Å². The van der Waals surface area contributed by atoms with Crippen molar-refractivity contribution in [3.63, 3.8) is 0 Å². The van der Waals surface area contributed by atoms with Crippen LogP contribution < -0.4 is 5.32 Å². The highest BCUT2D eigenvalue weighted by Gasteiger charge is 2.26. The first-order valence-corrected chi connectivity index (χ1v) is 10.7. The average Bonchev–Trinajstić information content (AvgIpc) is 3.29. The highest BCUT2D eigenvalue weighted by Crippen LogP contribution is 2.18. The first kappa shape index (κ1) is 18.1. The molecule has 0 unspecified atom stereocenters. The van der Waals surface area contributed by atoms with Gasteiger partial charge in [0.2, 0.25) is 10.0 Å². The number of nitrogens with zero attached hydrogens (tertiary/aromatic N) is 3. The summed E-state index contributed by atoms with van der Waals surface area (Å²) in [4.78, 5) is 17.8. The third-order valence-electron chi connectivity index (χ3n) is 4.28. The molecule has 8 nitrogen and oxygen atoms in total. The molecule has 1 saturated heterocycles. The smallest absolute Gasteiger partial charge is 0.251 e. The van der Waals surface area contributed by atoms with Crippen LogP contribution >= 0.6 is 11.3 Å². The number of benzene rings is 1. The van der Waals surface area contributed by atoms with Crippen LogP contribution in [0.2, 0.25) is 0 Å². The summed E-state index contributed by atoms with van der Waals surface area (Å²) < 4.78 is 34.0. The van der Waals surface area contributed by atoms with Crippen molar-refractivity contribution in [1.82, 2.24) is 19.0 Å². The summed E-state index contributed by atoms with van der Waals surface area (Å²) in [6.45, 7) is 1.66. The predicted octanol–water partition coefficient (Wildman–Crippen LogP) is 1.35. The molecule has 1 aliphatic rings. The lowest BCUT2D eigenvalue weighted by Crippen LogP contribution is -2.40. The second kappa shape index (κ2) is 7.39. The number of imidazole rings is 1. The Morgan fingerprint density at radius 1 is 1.30 bits per heavy atom. The number of fused-ring (bicyclic) bond motifs is 1. The largest absolute Gasteiger partial charge is 0.379 e. The molecule has 3 heterocycles. The Kier molecular flexibility index (Phi) is 4.96. The van der Waals surface area contributed by atoms with E-state index < -0.39 is 10.0 Å². The molecule has 0 spiro atoms. The number of nitrogens with one attached hydrogen (secondary N) is 1. The number of sulfonamides is 1. The van der Waals surface area contributed by atoms with Crippen LogP contribution in [-0.4, -0.2) is 54.3 Å². The molecule has 0 radical (unpaired) electrons. The molecule has 142 valence electrons. The summed E-state index contributed by atoms with van der Waals surface area (Å²) in [5, 5.41) is 4.72. The maximum Gasteiger partial charge on any atom is 0.251 e. The second-order valence-corrected chi connectivity index (χ2v) is 8.86. The lowest BCUT2D eigenvalue weighted by molar-refractivity contribution is 0.0730. The van der Waals surface area contributed by atoms with Gasteiger partial charge in [0.1, 0.15) is 0 Å². The monoisotopic (exact) mass is 406 g/mol. The number of aromatic nitrogens is 2. The lowest BCUT2D eigenvalue weighted by atomic mass is 10.2. The Morgan fingerprint density at radius 3 is 2.89 bits per heavy atom. The molecular formula is C17H18N4O4S2. The highest BCUT2D eigenvalue weighted by atomic mass is 32.2. The van der Waals surface area contributed by atoms with Gasteiger partial charge in [0.25, 0.3) is 5.91 Å². The van der Waals surface area contributed by atoms with Crippen molar-refractivity contribution in [2.24, 2.45) is 0 Å². The van der Waals surface area contributed by atoms with E-state index in [-0.39, 0.29) is 17.3 Å². The average molecular weight is 406 g/mol. The third-order valence-corrected chi connectivity index (χ3v) is 6.94. The number of morpholine rings is 1. The number of hydrogen-bond donors (Lipinski definition) is 1. The number of hydrogen-bond acceptors (Lipinski definition) is 6. The molecule has 4 rings (SSSR count). The van der Waals surface area contributed by atoms with Crippen LogP contribution in [0.4, 0.5) is 0 Å². The number of carbonyl (C=O) groups is 1. The predicted molar refractivity (Wildman–Crippen MR) is 100 cm³/mol. The fourth-order valence-electron chi connectivity index (χ4n) is 2.87. The molecule has 27 heavy (non-hydrogen) atoms. The molecule has 2 aromatic heterocycles. The SMILES string of the molecule is O=C(NCc1cn2ccsc2n1)c1cccc(S(=O)(=O)N2CCOCC2)c1. The molecule has 0 aliphatic carbocycles. The van der Waals surface area contributed by atoms with E-state index in [0.29, 0.717) is 31.9 Å². The minimum atomic E-state index is -3.64. The van der Waals surface area contributed by atoms with Crippen molar-refractivity contribution in [1.29, 1.82) is 0 Å². The van der Waals surface area contributed by atoms with Gasteiger partial charge in [0, 0.05) is 36.4 Å². The second-order valence-electron chi connectivity index (χ2n) is 6.05. The standard InChI is InChI=1S/C17H18N4O4S2/c22-16(18-11-14-12-20-6-9-26-17(20)19-14)13-2-1-3-15(10-13)27(23,24)21-4-7-25-8-5-21/h1-3,6,9-10,12H,4-5,7-8,11H2,(H,18,22). The van der Waals surface area contributed by atoms with E-state index in [1.807, 2.05) is 22.2 Å². The van der Waals surface area contributed by atoms with Gasteiger partial charge in [-0.05, 0) is 18.2 Å². The van der Waals surface area contributed by atoms with E-state index in [2.05, 4.69) is 10.3 Å². The normalized spacial score (nSPS) is 15.9. The number of carbonyl (C=O) groups excluding carboxylic acids is 1. The third kappa shape index (κ3) is 3.74. The van der Waals surface area contributed by atoms with Gasteiger partial charge in [0.15, 0.2) is 4.96 Å². The van der Waals surface area contributed by atoms with Crippen molar-refractivity contribution in [2.45, 2.75) is 11.4 Å². The van der Waals surface area contributed by atoms with Crippen LogP contribution in [0.5, 0.6) is 0 Å². The van der Waals surface area contributed by atoms with E-state index in [9.17, 15) is 13.2 Å². The van der Waals surface area contributed by atoms with Gasteiger partial charge >= 0.3 is 0 Å². The zero-order valence-corrected chi connectivity index (χ0v) is 16.0. The molecular weight excluding hydrogens is 388 g/mol. The van der Waals surface area contributed by atoms with Crippen molar-refractivity contribution >= 4 is 32.2 Å². The van der Waals surface area contributed by atoms with Gasteiger partial charge in [-0.25, -0.2) is 13.4 Å². The molecule has 10 heteroatoms. The van der Waals surface area contributed by atoms with E-state index in [1.54, 1.807) is 12.1 Å². The van der Waals surface area contributed by atoms with Crippen molar-refractivity contribution < 1.29 is 17.9 Å². The van der Waals surface area contributed by atoms with Crippen molar-refractivity contribution in [2.75, 3.05) is 26.3 Å². The van der Waals surface area contributed by atoms with Gasteiger partial charge in [0.05, 0.1) is 30.3 Å². The van der Waals surface area contributed by atoms with Crippen molar-refractivity contribution in [3.05, 3.63) is 53.3 Å². The van der Waals surface area contributed by atoms with Crippen LogP contribution in [0, 0.1) is 0 Å². The van der Waals surface area contributed by atoms with E-state index in [0.717, 1.165) is 10.7 Å². The van der Waals surface area contributed by atoms with Crippen LogP contribution in [-0.2, 0) is 21.3 Å². The Bertz CT molecular complexity index is 1040. The Labute approximate surface area is 160 Å². The summed E-state index contributed by atoms with van der Waals surface area (Å²) in [5.41, 5.74) is 1.04. The number of thiazole rings is 1. The summed E-state index contributed by atoms with van der Waals surface area (Å²) in [6, 6.07) is 6.09. The minimum absolute atomic E-state index is 0.111. The Balaban J connectivity index is 1.47. The van der Waals surface area contributed by atoms with Gasteiger partial charge in [-0.2, -0.15) is 4.31 Å². The summed E-state index contributed by atoms with van der Waals surface area (Å²) in [7, 11) is -3.64. The molecule has 1 fully saturated rings. The number of ether oxygens (including phenoxy) is 1. The Morgan fingerprint density at radius 2 is 2.11 bits per heavy atom. The summed E-state index contributed by atoms with van der Waals surface area (Å²) in [6.07, 6.45) is 3.75. The zero-order valence-electron chi connectivity index (χ0n) is 14.4. The quantitative estimate of drug-likeness (QED) is 0.690. The topological polar surface area (TPSA) is 93.0 Å². The summed E-state index contributed by atoms with van der Waals surface area (Å²) in [5.74, 6) is -0.342. The van der Waals surface area contributed by atoms with Gasteiger partial charge < -0.3 is 10.1 Å². The van der Waals surface area contributed by atoms with Crippen LogP contribution in [0.1, 0.15) is 16.1 Å². The van der Waals surface area contributed by atoms with Crippen LogP contribution in [0.15, 0.2) is 46.9 Å². The first-order valence-electron chi connectivity index (χ1n) is 8.41. The lowest BCUT2D eigenvalue weighted by Gasteiger charge is -2.26. The van der Waals surface area contributed by atoms with Gasteiger partial charge in [-0.1, -0.05) is 6.07 Å². The van der Waals surface area contributed by atoms with E-state index >= 15 is 0 Å². The fraction of sp³-hybridized carbons (Fsp3) is 0.294. The van der Waals surface area contributed by atoms with Crippen LogP contribution in [0.25, 0.3) is 4.96 Å². The molecule has 3 aromatic rings. The Hall–Kier alpha value is -2.27. The highest BCUT2D eigenvalue weighted by molar-refractivity contribution is 7.89. The van der Waals surface area contributed by atoms with Gasteiger partial charge in [-0.15, -0.1) is 11.3 Å². The molecule has 0 bridgehead atoms.